The highest BCUT2D eigenvalue weighted by Gasteiger charge is 2.16. The number of carbonyl (C=O) groups excluding carboxylic acids is 1. The van der Waals surface area contributed by atoms with Crippen LogP contribution in [0.5, 0.6) is 0 Å². The first kappa shape index (κ1) is 18.9. The normalized spacial score (nSPS) is 12.2. The van der Waals surface area contributed by atoms with Crippen molar-refractivity contribution in [3.05, 3.63) is 70.3 Å². The Balaban J connectivity index is 1.66. The van der Waals surface area contributed by atoms with Gasteiger partial charge in [-0.1, -0.05) is 12.1 Å². The monoisotopic (exact) mass is 365 g/mol. The molecule has 0 aliphatic carbocycles. The predicted molar refractivity (Wildman–Crippen MR) is 106 cm³/mol. The van der Waals surface area contributed by atoms with Gasteiger partial charge in [0.2, 0.25) is 0 Å². The van der Waals surface area contributed by atoms with Crippen LogP contribution < -0.4 is 5.32 Å². The van der Waals surface area contributed by atoms with E-state index in [1.54, 1.807) is 0 Å². The molecule has 1 aromatic carbocycles. The molecule has 1 atom stereocenters. The second-order valence-corrected chi connectivity index (χ2v) is 7.00. The lowest BCUT2D eigenvalue weighted by atomic mass is 10.1. The van der Waals surface area contributed by atoms with E-state index in [9.17, 15) is 4.79 Å². The zero-order valence-corrected chi connectivity index (χ0v) is 16.7. The van der Waals surface area contributed by atoms with Gasteiger partial charge >= 0.3 is 0 Å². The molecule has 1 unspecified atom stereocenters. The largest absolute Gasteiger partial charge is 0.345 e. The van der Waals surface area contributed by atoms with Crippen LogP contribution in [0.15, 0.2) is 36.5 Å². The first-order valence-corrected chi connectivity index (χ1v) is 9.32. The average Bonchev–Trinajstić information content (AvgIpc) is 3.17. The number of hydrogen-bond acceptors (Lipinski definition) is 3. The highest BCUT2D eigenvalue weighted by molar-refractivity contribution is 5.94. The Morgan fingerprint density at radius 1 is 1.15 bits per heavy atom. The van der Waals surface area contributed by atoms with Crippen LogP contribution in [-0.4, -0.2) is 25.5 Å². The average molecular weight is 365 g/mol. The van der Waals surface area contributed by atoms with Crippen molar-refractivity contribution in [2.45, 2.75) is 53.8 Å². The number of aromatic nitrogens is 4. The van der Waals surface area contributed by atoms with E-state index in [4.69, 9.17) is 0 Å². The quantitative estimate of drug-likeness (QED) is 0.726. The van der Waals surface area contributed by atoms with Crippen molar-refractivity contribution in [1.82, 2.24) is 24.9 Å². The van der Waals surface area contributed by atoms with E-state index in [0.717, 1.165) is 34.8 Å². The van der Waals surface area contributed by atoms with Crippen molar-refractivity contribution >= 4 is 5.91 Å². The number of aryl methyl sites for hydroxylation is 4. The number of amides is 1. The first-order chi connectivity index (χ1) is 12.9. The molecule has 0 aliphatic heterocycles. The highest BCUT2D eigenvalue weighted by Crippen LogP contribution is 2.17. The van der Waals surface area contributed by atoms with Crippen molar-refractivity contribution in [2.75, 3.05) is 0 Å². The smallest absolute Gasteiger partial charge is 0.251 e. The molecule has 0 radical (unpaired) electrons. The minimum absolute atomic E-state index is 0.0798. The molecule has 6 nitrogen and oxygen atoms in total. The topological polar surface area (TPSA) is 64.7 Å². The number of carbonyl (C=O) groups is 1. The van der Waals surface area contributed by atoms with Crippen molar-refractivity contribution in [2.24, 2.45) is 0 Å². The van der Waals surface area contributed by atoms with Gasteiger partial charge in [0, 0.05) is 29.6 Å². The van der Waals surface area contributed by atoms with Gasteiger partial charge in [0.25, 0.3) is 5.91 Å². The summed E-state index contributed by atoms with van der Waals surface area (Å²) in [5.41, 5.74) is 5.91. The van der Waals surface area contributed by atoms with E-state index in [-0.39, 0.29) is 11.9 Å². The van der Waals surface area contributed by atoms with Crippen molar-refractivity contribution in [1.29, 1.82) is 0 Å². The summed E-state index contributed by atoms with van der Waals surface area (Å²) in [5, 5.41) is 12.0. The first-order valence-electron chi connectivity index (χ1n) is 9.32. The molecule has 0 fully saturated rings. The Morgan fingerprint density at radius 2 is 1.85 bits per heavy atom. The molecule has 1 amide bonds. The molecular formula is C21H27N5O. The third kappa shape index (κ3) is 4.27. The van der Waals surface area contributed by atoms with E-state index >= 15 is 0 Å². The molecule has 0 spiro atoms. The summed E-state index contributed by atoms with van der Waals surface area (Å²) in [6.07, 6.45) is 2.00. The maximum absolute atomic E-state index is 12.6. The summed E-state index contributed by atoms with van der Waals surface area (Å²) in [4.78, 5) is 12.6. The molecule has 1 N–H and O–H groups in total. The minimum atomic E-state index is -0.0906. The second kappa shape index (κ2) is 7.78. The van der Waals surface area contributed by atoms with Gasteiger partial charge in [-0.3, -0.25) is 14.2 Å². The Bertz CT molecular complexity index is 936. The molecule has 0 bridgehead atoms. The molecule has 27 heavy (non-hydrogen) atoms. The van der Waals surface area contributed by atoms with Gasteiger partial charge in [0.15, 0.2) is 0 Å². The van der Waals surface area contributed by atoms with Gasteiger partial charge in [-0.15, -0.1) is 0 Å². The molecule has 0 saturated carbocycles. The summed E-state index contributed by atoms with van der Waals surface area (Å²) in [5.74, 6) is -0.0798. The van der Waals surface area contributed by atoms with Crippen LogP contribution >= 0.6 is 0 Å². The lowest BCUT2D eigenvalue weighted by molar-refractivity contribution is 0.0940. The number of benzene rings is 1. The molecule has 2 heterocycles. The van der Waals surface area contributed by atoms with Gasteiger partial charge in [0.05, 0.1) is 24.0 Å². The molecule has 142 valence electrons. The van der Waals surface area contributed by atoms with E-state index < -0.39 is 0 Å². The SMILES string of the molecule is CCn1cc(C(C)NC(=O)c2ccc(Cn3nc(C)cc3C)cc2)c(C)n1. The summed E-state index contributed by atoms with van der Waals surface area (Å²) in [7, 11) is 0. The third-order valence-electron chi connectivity index (χ3n) is 4.77. The number of hydrogen-bond donors (Lipinski definition) is 1. The molecule has 0 saturated heterocycles. The van der Waals surface area contributed by atoms with Crippen LogP contribution in [0.2, 0.25) is 0 Å². The van der Waals surface area contributed by atoms with E-state index in [2.05, 4.69) is 21.6 Å². The summed E-state index contributed by atoms with van der Waals surface area (Å²) in [6, 6.07) is 9.67. The van der Waals surface area contributed by atoms with Crippen LogP contribution in [0.25, 0.3) is 0 Å². The molecule has 3 aromatic rings. The Kier molecular flexibility index (Phi) is 5.44. The number of rotatable bonds is 6. The van der Waals surface area contributed by atoms with Crippen LogP contribution in [0.4, 0.5) is 0 Å². The summed E-state index contributed by atoms with van der Waals surface area (Å²) in [6.45, 7) is 11.6. The Labute approximate surface area is 160 Å². The van der Waals surface area contributed by atoms with Crippen LogP contribution in [0.3, 0.4) is 0 Å². The lowest BCUT2D eigenvalue weighted by Crippen LogP contribution is -2.26. The van der Waals surface area contributed by atoms with Crippen molar-refractivity contribution in [3.8, 4) is 0 Å². The fourth-order valence-corrected chi connectivity index (χ4v) is 3.25. The molecule has 0 aliphatic rings. The minimum Gasteiger partial charge on any atom is -0.345 e. The predicted octanol–water partition coefficient (Wildman–Crippen LogP) is 3.56. The molecular weight excluding hydrogens is 338 g/mol. The van der Waals surface area contributed by atoms with Crippen LogP contribution in [-0.2, 0) is 13.1 Å². The number of nitrogens with zero attached hydrogens (tertiary/aromatic N) is 4. The highest BCUT2D eigenvalue weighted by atomic mass is 16.1. The Morgan fingerprint density at radius 3 is 2.41 bits per heavy atom. The third-order valence-corrected chi connectivity index (χ3v) is 4.77. The van der Waals surface area contributed by atoms with E-state index in [1.807, 2.05) is 74.4 Å². The van der Waals surface area contributed by atoms with Gasteiger partial charge in [-0.05, 0) is 58.4 Å². The van der Waals surface area contributed by atoms with Gasteiger partial charge in [-0.25, -0.2) is 0 Å². The standard InChI is InChI=1S/C21H27N5O/c1-6-25-13-20(17(5)24-25)16(4)22-21(27)19-9-7-18(8-10-19)12-26-15(3)11-14(2)23-26/h7-11,13,16H,6,12H2,1-5H3,(H,22,27). The lowest BCUT2D eigenvalue weighted by Gasteiger charge is -2.13. The fourth-order valence-electron chi connectivity index (χ4n) is 3.25. The maximum Gasteiger partial charge on any atom is 0.251 e. The number of nitrogens with one attached hydrogen (secondary N) is 1. The van der Waals surface area contributed by atoms with Gasteiger partial charge < -0.3 is 5.32 Å². The van der Waals surface area contributed by atoms with Crippen LogP contribution in [0.1, 0.15) is 58.5 Å². The molecule has 6 heteroatoms. The molecule has 3 rings (SSSR count). The van der Waals surface area contributed by atoms with Crippen molar-refractivity contribution in [3.63, 3.8) is 0 Å². The van der Waals surface area contributed by atoms with Crippen molar-refractivity contribution < 1.29 is 4.79 Å². The zero-order chi connectivity index (χ0) is 19.6. The maximum atomic E-state index is 12.6. The zero-order valence-electron chi connectivity index (χ0n) is 16.7. The van der Waals surface area contributed by atoms with E-state index in [0.29, 0.717) is 12.1 Å². The van der Waals surface area contributed by atoms with Gasteiger partial charge in [-0.2, -0.15) is 10.2 Å². The summed E-state index contributed by atoms with van der Waals surface area (Å²) >= 11 is 0. The molecule has 2 aromatic heterocycles. The fraction of sp³-hybridized carbons (Fsp3) is 0.381. The second-order valence-electron chi connectivity index (χ2n) is 7.00. The van der Waals surface area contributed by atoms with Crippen LogP contribution in [0, 0.1) is 20.8 Å². The van der Waals surface area contributed by atoms with Gasteiger partial charge in [0.1, 0.15) is 0 Å². The summed E-state index contributed by atoms with van der Waals surface area (Å²) < 4.78 is 3.86. The van der Waals surface area contributed by atoms with E-state index in [1.165, 1.54) is 0 Å². The Hall–Kier alpha value is -2.89.